The predicted octanol–water partition coefficient (Wildman–Crippen LogP) is 3.63. The molecule has 0 bridgehead atoms. The molecule has 6 heteroatoms. The molecule has 0 N–H and O–H groups in total. The van der Waals surface area contributed by atoms with Gasteiger partial charge in [-0.2, -0.15) is 0 Å². The van der Waals surface area contributed by atoms with E-state index in [9.17, 15) is 9.59 Å². The molecule has 0 saturated carbocycles. The molecular formula is C20H20ClNO4. The molecule has 0 aliphatic carbocycles. The molecule has 0 radical (unpaired) electrons. The maximum Gasteiger partial charge on any atom is 0.347 e. The van der Waals surface area contributed by atoms with Crippen LogP contribution in [0.3, 0.4) is 0 Å². The van der Waals surface area contributed by atoms with E-state index in [0.29, 0.717) is 17.3 Å². The number of para-hydroxylation sites is 1. The number of rotatable bonds is 5. The van der Waals surface area contributed by atoms with Crippen molar-refractivity contribution >= 4 is 29.2 Å². The second-order valence-electron chi connectivity index (χ2n) is 6.10. The number of ether oxygens (including phenoxy) is 2. The van der Waals surface area contributed by atoms with Gasteiger partial charge in [-0.05, 0) is 55.7 Å². The van der Waals surface area contributed by atoms with Gasteiger partial charge in [-0.1, -0.05) is 29.8 Å². The lowest BCUT2D eigenvalue weighted by molar-refractivity contribution is -0.154. The number of nitrogens with zero attached hydrogens (tertiary/aromatic N) is 1. The van der Waals surface area contributed by atoms with Crippen LogP contribution in [0, 0.1) is 0 Å². The molecule has 2 aromatic carbocycles. The van der Waals surface area contributed by atoms with E-state index in [0.717, 1.165) is 24.1 Å². The highest BCUT2D eigenvalue weighted by molar-refractivity contribution is 6.30. The fraction of sp³-hybridized carbons (Fsp3) is 0.300. The molecule has 0 saturated heterocycles. The van der Waals surface area contributed by atoms with Crippen molar-refractivity contribution in [2.24, 2.45) is 0 Å². The molecule has 5 nitrogen and oxygen atoms in total. The van der Waals surface area contributed by atoms with E-state index in [1.165, 1.54) is 0 Å². The summed E-state index contributed by atoms with van der Waals surface area (Å²) in [5.74, 6) is -0.307. The zero-order valence-electron chi connectivity index (χ0n) is 14.5. The van der Waals surface area contributed by atoms with Gasteiger partial charge in [-0.3, -0.25) is 4.79 Å². The van der Waals surface area contributed by atoms with Crippen LogP contribution in [0.5, 0.6) is 5.75 Å². The highest BCUT2D eigenvalue weighted by Crippen LogP contribution is 2.26. The van der Waals surface area contributed by atoms with Gasteiger partial charge in [0, 0.05) is 17.3 Å². The quantitative estimate of drug-likeness (QED) is 0.751. The van der Waals surface area contributed by atoms with E-state index in [2.05, 4.69) is 0 Å². The summed E-state index contributed by atoms with van der Waals surface area (Å²) in [7, 11) is 0. The molecule has 26 heavy (non-hydrogen) atoms. The monoisotopic (exact) mass is 373 g/mol. The topological polar surface area (TPSA) is 55.8 Å². The molecule has 1 atom stereocenters. The average molecular weight is 374 g/mol. The average Bonchev–Trinajstić information content (AvgIpc) is 2.67. The normalized spacial score (nSPS) is 14.3. The van der Waals surface area contributed by atoms with E-state index < -0.39 is 12.1 Å². The van der Waals surface area contributed by atoms with Gasteiger partial charge in [0.25, 0.3) is 5.91 Å². The zero-order chi connectivity index (χ0) is 18.5. The fourth-order valence-electron chi connectivity index (χ4n) is 2.89. The molecule has 0 unspecified atom stereocenters. The lowest BCUT2D eigenvalue weighted by atomic mass is 10.0. The third-order valence-corrected chi connectivity index (χ3v) is 4.46. The number of anilines is 1. The van der Waals surface area contributed by atoms with Crippen molar-refractivity contribution in [3.05, 3.63) is 59.1 Å². The Morgan fingerprint density at radius 2 is 1.88 bits per heavy atom. The molecule has 1 aliphatic heterocycles. The molecular weight excluding hydrogens is 354 g/mol. The summed E-state index contributed by atoms with van der Waals surface area (Å²) < 4.78 is 10.7. The lowest BCUT2D eigenvalue weighted by Gasteiger charge is -2.29. The maximum absolute atomic E-state index is 12.5. The van der Waals surface area contributed by atoms with E-state index >= 15 is 0 Å². The van der Waals surface area contributed by atoms with Crippen molar-refractivity contribution in [1.82, 2.24) is 0 Å². The Morgan fingerprint density at radius 1 is 1.15 bits per heavy atom. The van der Waals surface area contributed by atoms with Gasteiger partial charge in [0.15, 0.2) is 12.7 Å². The Balaban J connectivity index is 1.54. The Labute approximate surface area is 157 Å². The molecule has 0 spiro atoms. The Kier molecular flexibility index (Phi) is 5.78. The first-order chi connectivity index (χ1) is 12.5. The molecule has 1 heterocycles. The summed E-state index contributed by atoms with van der Waals surface area (Å²) >= 11 is 5.82. The first-order valence-electron chi connectivity index (χ1n) is 8.52. The van der Waals surface area contributed by atoms with Gasteiger partial charge in [0.2, 0.25) is 0 Å². The van der Waals surface area contributed by atoms with Crippen molar-refractivity contribution in [2.75, 3.05) is 18.1 Å². The first kappa shape index (κ1) is 18.3. The van der Waals surface area contributed by atoms with Crippen LogP contribution in [0.25, 0.3) is 0 Å². The van der Waals surface area contributed by atoms with Crippen LogP contribution in [-0.2, 0) is 20.7 Å². The van der Waals surface area contributed by atoms with Crippen LogP contribution < -0.4 is 9.64 Å². The summed E-state index contributed by atoms with van der Waals surface area (Å²) in [5.41, 5.74) is 2.03. The molecule has 3 rings (SSSR count). The van der Waals surface area contributed by atoms with Gasteiger partial charge >= 0.3 is 5.97 Å². The number of aryl methyl sites for hydroxylation is 1. The van der Waals surface area contributed by atoms with E-state index in [-0.39, 0.29) is 12.5 Å². The van der Waals surface area contributed by atoms with E-state index in [1.807, 2.05) is 24.3 Å². The number of hydrogen-bond acceptors (Lipinski definition) is 4. The van der Waals surface area contributed by atoms with Crippen molar-refractivity contribution in [3.8, 4) is 5.75 Å². The fourth-order valence-corrected chi connectivity index (χ4v) is 3.01. The van der Waals surface area contributed by atoms with Crippen molar-refractivity contribution in [2.45, 2.75) is 25.9 Å². The van der Waals surface area contributed by atoms with Crippen LogP contribution in [0.2, 0.25) is 5.02 Å². The van der Waals surface area contributed by atoms with Crippen LogP contribution in [-0.4, -0.2) is 31.1 Å². The number of amides is 1. The molecule has 1 aliphatic rings. The summed E-state index contributed by atoms with van der Waals surface area (Å²) in [5, 5.41) is 0.583. The Morgan fingerprint density at radius 3 is 2.65 bits per heavy atom. The maximum atomic E-state index is 12.5. The summed E-state index contributed by atoms with van der Waals surface area (Å²) in [6.07, 6.45) is 1.02. The predicted molar refractivity (Wildman–Crippen MR) is 99.6 cm³/mol. The van der Waals surface area contributed by atoms with Gasteiger partial charge in [0.1, 0.15) is 5.75 Å². The van der Waals surface area contributed by atoms with E-state index in [4.69, 9.17) is 21.1 Å². The number of esters is 1. The SMILES string of the molecule is C[C@@H](Oc1ccc(Cl)cc1)C(=O)OCC(=O)N1CCCc2ccccc21. The highest BCUT2D eigenvalue weighted by atomic mass is 35.5. The standard InChI is InChI=1S/C20H20ClNO4/c1-14(26-17-10-8-16(21)9-11-17)20(24)25-13-19(23)22-12-4-6-15-5-2-3-7-18(15)22/h2-3,5,7-11,14H,4,6,12-13H2,1H3/t14-/m1/s1. The summed E-state index contributed by atoms with van der Waals surface area (Å²) in [6.45, 7) is 1.91. The van der Waals surface area contributed by atoms with Crippen molar-refractivity contribution in [1.29, 1.82) is 0 Å². The minimum Gasteiger partial charge on any atom is -0.479 e. The van der Waals surface area contributed by atoms with Crippen molar-refractivity contribution < 1.29 is 19.1 Å². The van der Waals surface area contributed by atoms with E-state index in [1.54, 1.807) is 36.1 Å². The van der Waals surface area contributed by atoms with Gasteiger partial charge < -0.3 is 14.4 Å². The second-order valence-corrected chi connectivity index (χ2v) is 6.54. The van der Waals surface area contributed by atoms with Crippen molar-refractivity contribution in [3.63, 3.8) is 0 Å². The molecule has 0 aromatic heterocycles. The summed E-state index contributed by atoms with van der Waals surface area (Å²) in [4.78, 5) is 26.3. The van der Waals surface area contributed by atoms with Gasteiger partial charge in [0.05, 0.1) is 0 Å². The van der Waals surface area contributed by atoms with Crippen LogP contribution >= 0.6 is 11.6 Å². The number of carbonyl (C=O) groups excluding carboxylic acids is 2. The van der Waals surface area contributed by atoms with Gasteiger partial charge in [-0.25, -0.2) is 4.79 Å². The zero-order valence-corrected chi connectivity index (χ0v) is 15.2. The number of hydrogen-bond donors (Lipinski definition) is 0. The number of fused-ring (bicyclic) bond motifs is 1. The van der Waals surface area contributed by atoms with Gasteiger partial charge in [-0.15, -0.1) is 0 Å². The Hall–Kier alpha value is -2.53. The lowest BCUT2D eigenvalue weighted by Crippen LogP contribution is -2.39. The molecule has 136 valence electrons. The number of carbonyl (C=O) groups is 2. The number of benzene rings is 2. The third kappa shape index (κ3) is 4.35. The minimum absolute atomic E-state index is 0.232. The largest absolute Gasteiger partial charge is 0.479 e. The molecule has 0 fully saturated rings. The smallest absolute Gasteiger partial charge is 0.347 e. The third-order valence-electron chi connectivity index (χ3n) is 4.21. The first-order valence-corrected chi connectivity index (χ1v) is 8.89. The van der Waals surface area contributed by atoms with Crippen LogP contribution in [0.4, 0.5) is 5.69 Å². The molecule has 2 aromatic rings. The van der Waals surface area contributed by atoms with Crippen LogP contribution in [0.1, 0.15) is 18.9 Å². The number of halogens is 1. The summed E-state index contributed by atoms with van der Waals surface area (Å²) in [6, 6.07) is 14.5. The minimum atomic E-state index is -0.822. The van der Waals surface area contributed by atoms with Crippen LogP contribution in [0.15, 0.2) is 48.5 Å². The molecule has 1 amide bonds. The Bertz CT molecular complexity index is 791. The second kappa shape index (κ2) is 8.23. The highest BCUT2D eigenvalue weighted by Gasteiger charge is 2.24.